The van der Waals surface area contributed by atoms with E-state index >= 15 is 0 Å². The molecule has 0 aliphatic carbocycles. The third-order valence-electron chi connectivity index (χ3n) is 4.80. The largest absolute Gasteiger partial charge is 0.487 e. The number of nitrogens with one attached hydrogen (secondary N) is 1. The van der Waals surface area contributed by atoms with Crippen LogP contribution in [0, 0.1) is 0 Å². The minimum atomic E-state index is -3.80. The van der Waals surface area contributed by atoms with Gasteiger partial charge in [-0.3, -0.25) is 4.79 Å². The first-order chi connectivity index (χ1) is 15.8. The van der Waals surface area contributed by atoms with Gasteiger partial charge in [0, 0.05) is 53.3 Å². The molecule has 1 aromatic heterocycles. The Balaban J connectivity index is 1.98. The number of hydrogen-bond acceptors (Lipinski definition) is 4. The summed E-state index contributed by atoms with van der Waals surface area (Å²) in [6, 6.07) is 12.8. The number of amides is 1. The van der Waals surface area contributed by atoms with Gasteiger partial charge in [0.15, 0.2) is 0 Å². The van der Waals surface area contributed by atoms with Gasteiger partial charge in [-0.15, -0.1) is 8.78 Å². The van der Waals surface area contributed by atoms with Crippen molar-refractivity contribution in [1.82, 2.24) is 14.5 Å². The maximum Gasteiger partial charge on any atom is 0.487 e. The summed E-state index contributed by atoms with van der Waals surface area (Å²) in [5, 5.41) is 3.74. The molecule has 0 saturated carbocycles. The molecule has 1 N–H and O–H groups in total. The van der Waals surface area contributed by atoms with E-state index in [1.54, 1.807) is 24.5 Å². The lowest BCUT2D eigenvalue weighted by molar-refractivity contribution is -0.0964. The topological polar surface area (TPSA) is 67.1 Å². The van der Waals surface area contributed by atoms with E-state index in [1.807, 2.05) is 12.1 Å². The van der Waals surface area contributed by atoms with Crippen LogP contribution in [0.2, 0.25) is 0 Å². The van der Waals surface area contributed by atoms with Gasteiger partial charge in [0.2, 0.25) is 5.36 Å². The van der Waals surface area contributed by atoms with Gasteiger partial charge in [0.25, 0.3) is 5.91 Å². The van der Waals surface area contributed by atoms with E-state index in [9.17, 15) is 13.6 Å². The second kappa shape index (κ2) is 11.0. The lowest BCUT2D eigenvalue weighted by Gasteiger charge is -2.11. The first-order valence-electron chi connectivity index (χ1n) is 10.5. The number of halogens is 3. The Morgan fingerprint density at radius 1 is 1.12 bits per heavy atom. The molecule has 0 atom stereocenters. The highest BCUT2D eigenvalue weighted by molar-refractivity contribution is 6.20. The number of benzene rings is 1. The molecular weight excluding hydrogens is 450 g/mol. The summed E-state index contributed by atoms with van der Waals surface area (Å²) in [5.74, 6) is -0.476. The molecule has 33 heavy (non-hydrogen) atoms. The van der Waals surface area contributed by atoms with Crippen LogP contribution in [0.3, 0.4) is 0 Å². The van der Waals surface area contributed by atoms with Crippen molar-refractivity contribution in [3.05, 3.63) is 78.2 Å². The Labute approximate surface area is 195 Å². The number of hydrogen-bond donors (Lipinski definition) is 1. The number of aromatic nitrogens is 2. The molecule has 1 heterocycles. The average Bonchev–Trinajstić information content (AvgIpc) is 3.01. The second-order valence-electron chi connectivity index (χ2n) is 7.16. The lowest BCUT2D eigenvalue weighted by Crippen LogP contribution is -2.31. The quantitative estimate of drug-likeness (QED) is 0.378. The van der Waals surface area contributed by atoms with Gasteiger partial charge in [-0.2, -0.15) is 0 Å². The molecule has 0 bridgehead atoms. The van der Waals surface area contributed by atoms with Crippen LogP contribution in [0.25, 0.3) is 11.1 Å². The van der Waals surface area contributed by atoms with Crippen LogP contribution in [0.1, 0.15) is 30.6 Å². The zero-order valence-electron chi connectivity index (χ0n) is 18.3. The van der Waals surface area contributed by atoms with Crippen LogP contribution in [-0.4, -0.2) is 34.5 Å². The Bertz CT molecular complexity index is 1170. The van der Waals surface area contributed by atoms with E-state index in [0.29, 0.717) is 11.3 Å². The van der Waals surface area contributed by atoms with Crippen molar-refractivity contribution in [2.24, 2.45) is 0 Å². The summed E-state index contributed by atoms with van der Waals surface area (Å²) >= 11 is 4.78. The zero-order chi connectivity index (χ0) is 23.8. The van der Waals surface area contributed by atoms with Gasteiger partial charge in [-0.1, -0.05) is 13.0 Å². The fourth-order valence-corrected chi connectivity index (χ4v) is 3.45. The predicted octanol–water partition coefficient (Wildman–Crippen LogP) is 4.77. The molecule has 0 spiro atoms. The zero-order valence-corrected chi connectivity index (χ0v) is 19.0. The van der Waals surface area contributed by atoms with Crippen LogP contribution < -0.4 is 20.0 Å². The molecule has 0 unspecified atom stereocenters. The first kappa shape index (κ1) is 24.3. The van der Waals surface area contributed by atoms with Crippen molar-refractivity contribution in [2.45, 2.75) is 25.8 Å². The predicted molar refractivity (Wildman–Crippen MR) is 124 cm³/mol. The second-order valence-corrected chi connectivity index (χ2v) is 7.60. The summed E-state index contributed by atoms with van der Waals surface area (Å²) in [4.78, 5) is 21.2. The molecule has 2 aromatic carbocycles. The van der Waals surface area contributed by atoms with Crippen molar-refractivity contribution in [2.75, 3.05) is 18.4 Å². The van der Waals surface area contributed by atoms with Crippen molar-refractivity contribution < 1.29 is 18.3 Å². The molecule has 0 aliphatic heterocycles. The molecule has 6 nitrogen and oxygen atoms in total. The van der Waals surface area contributed by atoms with E-state index in [4.69, 9.17) is 11.6 Å². The normalized spacial score (nSPS) is 12.2. The number of ether oxygens (including phenoxy) is 1. The van der Waals surface area contributed by atoms with Gasteiger partial charge < -0.3 is 10.1 Å². The molecule has 3 aromatic rings. The summed E-state index contributed by atoms with van der Waals surface area (Å²) in [5.41, 5.74) is -1.35. The Kier molecular flexibility index (Phi) is 8.06. The summed E-state index contributed by atoms with van der Waals surface area (Å²) in [6.07, 6.45) is 5.84. The highest BCUT2D eigenvalue weighted by Gasteiger charge is 2.27. The minimum absolute atomic E-state index is 0.120. The van der Waals surface area contributed by atoms with Crippen molar-refractivity contribution >= 4 is 23.2 Å². The maximum absolute atomic E-state index is 13.0. The smallest absolute Gasteiger partial charge is 0.420 e. The van der Waals surface area contributed by atoms with Gasteiger partial charge in [-0.25, -0.2) is 14.5 Å². The molecular formula is C24H24ClF2N4O2+. The van der Waals surface area contributed by atoms with Gasteiger partial charge in [0.05, 0.1) is 5.56 Å². The molecule has 0 aliphatic rings. The van der Waals surface area contributed by atoms with Gasteiger partial charge in [-0.05, 0) is 43.3 Å². The van der Waals surface area contributed by atoms with Gasteiger partial charge in [0.1, 0.15) is 25.2 Å². The van der Waals surface area contributed by atoms with E-state index in [2.05, 4.69) is 38.4 Å². The molecule has 0 radical (unpaired) electrons. The number of nitrogens with zero attached hydrogens (tertiary/aromatic N) is 3. The van der Waals surface area contributed by atoms with E-state index < -0.39 is 5.57 Å². The summed E-state index contributed by atoms with van der Waals surface area (Å²) < 4.78 is 32.1. The number of carbonyl (C=O) groups excluding carboxylic acids is 1. The Hall–Kier alpha value is -3.39. The third kappa shape index (κ3) is 6.79. The fraction of sp³-hybridized carbons (Fsp3) is 0.250. The highest BCUT2D eigenvalue weighted by atomic mass is 35.5. The highest BCUT2D eigenvalue weighted by Crippen LogP contribution is 2.26. The number of rotatable bonds is 8. The van der Waals surface area contributed by atoms with Crippen LogP contribution in [0.15, 0.2) is 67.3 Å². The molecule has 0 fully saturated rings. The molecule has 172 valence electrons. The van der Waals surface area contributed by atoms with E-state index in [1.165, 1.54) is 30.6 Å². The molecule has 3 rings (SSSR count). The molecule has 9 heteroatoms. The fourth-order valence-electron chi connectivity index (χ4n) is 3.36. The summed E-state index contributed by atoms with van der Waals surface area (Å²) in [6.45, 7) is 5.85. The van der Waals surface area contributed by atoms with Crippen molar-refractivity contribution in [3.63, 3.8) is 0 Å². The maximum atomic E-state index is 13.0. The summed E-state index contributed by atoms with van der Waals surface area (Å²) in [7, 11) is 0. The average molecular weight is 474 g/mol. The molecule has 0 saturated heterocycles. The Morgan fingerprint density at radius 2 is 1.82 bits per heavy atom. The van der Waals surface area contributed by atoms with Crippen LogP contribution in [-0.2, 0) is 0 Å². The number of anilines is 1. The monoisotopic (exact) mass is 473 g/mol. The van der Waals surface area contributed by atoms with Crippen LogP contribution in [0.5, 0.6) is 5.75 Å². The van der Waals surface area contributed by atoms with E-state index in [-0.39, 0.29) is 11.7 Å². The number of alkyl halides is 3. The van der Waals surface area contributed by atoms with Gasteiger partial charge >= 0.3 is 5.57 Å². The standard InChI is InChI=1S/C24H23ClF2N4O2/c1-3-12-31(4-2)22-7-5-6-17(13-21(22)18-14-28-16-29-15-18)23(32)30-19-8-10-20(11-9-19)33-24(25,26)27/h5-11,13-16H,3-4,12H2,1-2H3/p+1. The Morgan fingerprint density at radius 3 is 2.42 bits per heavy atom. The van der Waals surface area contributed by atoms with E-state index in [0.717, 1.165) is 36.0 Å². The minimum Gasteiger partial charge on any atom is -0.420 e. The third-order valence-corrected chi connectivity index (χ3v) is 4.88. The lowest BCUT2D eigenvalue weighted by atomic mass is 10.1. The first-order valence-corrected chi connectivity index (χ1v) is 10.8. The SMILES string of the molecule is CCC[N+](CC)=c1cccc(C(=O)Nc2ccc(OC(F)(F)Cl)cc2)cc1-c1cncnc1. The molecule has 1 amide bonds. The van der Waals surface area contributed by atoms with Crippen molar-refractivity contribution in [1.29, 1.82) is 0 Å². The van der Waals surface area contributed by atoms with Crippen LogP contribution >= 0.6 is 11.6 Å². The van der Waals surface area contributed by atoms with Crippen LogP contribution in [0.4, 0.5) is 14.5 Å². The van der Waals surface area contributed by atoms with Crippen molar-refractivity contribution in [3.8, 4) is 16.9 Å². The number of carbonyl (C=O) groups is 1.